The van der Waals surface area contributed by atoms with Gasteiger partial charge in [0.25, 0.3) is 0 Å². The van der Waals surface area contributed by atoms with Crippen LogP contribution in [0.25, 0.3) is 0 Å². The van der Waals surface area contributed by atoms with E-state index >= 15 is 0 Å². The Morgan fingerprint density at radius 3 is 2.72 bits per heavy atom. The number of piperidine rings is 1. The summed E-state index contributed by atoms with van der Waals surface area (Å²) in [6.07, 6.45) is 1.54. The number of ether oxygens (including phenoxy) is 1. The van der Waals surface area contributed by atoms with Crippen LogP contribution in [-0.2, 0) is 19.1 Å². The summed E-state index contributed by atoms with van der Waals surface area (Å²) in [6.45, 7) is 4.50. The monoisotopic (exact) mass is 256 g/mol. The van der Waals surface area contributed by atoms with Gasteiger partial charge in [-0.1, -0.05) is 0 Å². The summed E-state index contributed by atoms with van der Waals surface area (Å²) in [6, 6.07) is 0. The number of hydrogen-bond acceptors (Lipinski definition) is 4. The molecular formula is C12H20N2O4. The average molecular weight is 256 g/mol. The Labute approximate surface area is 107 Å². The van der Waals surface area contributed by atoms with E-state index in [0.29, 0.717) is 19.7 Å². The van der Waals surface area contributed by atoms with Gasteiger partial charge in [-0.2, -0.15) is 0 Å². The SMILES string of the molecule is CCOC(=O)[C@@H]1CCCN(C(=O)CNC(C)=O)C1. The molecule has 1 N–H and O–H groups in total. The molecule has 0 aliphatic carbocycles. The van der Waals surface area contributed by atoms with Crippen LogP contribution in [0.4, 0.5) is 0 Å². The van der Waals surface area contributed by atoms with E-state index in [1.54, 1.807) is 11.8 Å². The first-order valence-electron chi connectivity index (χ1n) is 6.23. The van der Waals surface area contributed by atoms with Crippen molar-refractivity contribution in [3.8, 4) is 0 Å². The van der Waals surface area contributed by atoms with E-state index < -0.39 is 0 Å². The zero-order valence-corrected chi connectivity index (χ0v) is 10.9. The number of esters is 1. The van der Waals surface area contributed by atoms with Crippen LogP contribution in [0.2, 0.25) is 0 Å². The van der Waals surface area contributed by atoms with E-state index in [9.17, 15) is 14.4 Å². The van der Waals surface area contributed by atoms with Crippen molar-refractivity contribution in [3.05, 3.63) is 0 Å². The second-order valence-electron chi connectivity index (χ2n) is 4.34. The quantitative estimate of drug-likeness (QED) is 0.714. The molecule has 2 amide bonds. The molecule has 6 nitrogen and oxygen atoms in total. The molecule has 1 rings (SSSR count). The predicted molar refractivity (Wildman–Crippen MR) is 64.6 cm³/mol. The molecule has 0 spiro atoms. The van der Waals surface area contributed by atoms with Gasteiger partial charge in [-0.3, -0.25) is 14.4 Å². The Kier molecular flexibility index (Phi) is 5.61. The van der Waals surface area contributed by atoms with Crippen LogP contribution in [0.3, 0.4) is 0 Å². The smallest absolute Gasteiger partial charge is 0.310 e. The van der Waals surface area contributed by atoms with E-state index in [0.717, 1.165) is 12.8 Å². The number of carbonyl (C=O) groups excluding carboxylic acids is 3. The molecule has 18 heavy (non-hydrogen) atoms. The summed E-state index contributed by atoms with van der Waals surface area (Å²) >= 11 is 0. The van der Waals surface area contributed by atoms with Gasteiger partial charge in [-0.15, -0.1) is 0 Å². The molecule has 0 aromatic carbocycles. The molecule has 1 saturated heterocycles. The van der Waals surface area contributed by atoms with Crippen molar-refractivity contribution in [2.24, 2.45) is 5.92 Å². The molecular weight excluding hydrogens is 236 g/mol. The second-order valence-corrected chi connectivity index (χ2v) is 4.34. The van der Waals surface area contributed by atoms with Gasteiger partial charge in [0.1, 0.15) is 0 Å². The average Bonchev–Trinajstić information content (AvgIpc) is 2.36. The summed E-state index contributed by atoms with van der Waals surface area (Å²) < 4.78 is 4.96. The maximum absolute atomic E-state index is 11.8. The highest BCUT2D eigenvalue weighted by atomic mass is 16.5. The Morgan fingerprint density at radius 1 is 1.39 bits per heavy atom. The Bertz CT molecular complexity index is 330. The summed E-state index contributed by atoms with van der Waals surface area (Å²) in [5.74, 6) is -0.865. The highest BCUT2D eigenvalue weighted by molar-refractivity contribution is 5.84. The first kappa shape index (κ1) is 14.5. The maximum atomic E-state index is 11.8. The van der Waals surface area contributed by atoms with Gasteiger partial charge in [0.05, 0.1) is 19.1 Å². The Morgan fingerprint density at radius 2 is 2.11 bits per heavy atom. The zero-order valence-electron chi connectivity index (χ0n) is 10.9. The Balaban J connectivity index is 2.45. The van der Waals surface area contributed by atoms with Crippen molar-refractivity contribution in [3.63, 3.8) is 0 Å². The lowest BCUT2D eigenvalue weighted by Crippen LogP contribution is -2.46. The highest BCUT2D eigenvalue weighted by Crippen LogP contribution is 2.17. The molecule has 0 bridgehead atoms. The molecule has 1 aliphatic heterocycles. The molecule has 0 saturated carbocycles. The summed E-state index contributed by atoms with van der Waals surface area (Å²) in [7, 11) is 0. The molecule has 0 radical (unpaired) electrons. The fraction of sp³-hybridized carbons (Fsp3) is 0.750. The van der Waals surface area contributed by atoms with E-state index in [4.69, 9.17) is 4.74 Å². The number of likely N-dealkylation sites (tertiary alicyclic amines) is 1. The summed E-state index contributed by atoms with van der Waals surface area (Å²) in [5, 5.41) is 2.47. The third kappa shape index (κ3) is 4.35. The number of hydrogen-bond donors (Lipinski definition) is 1. The van der Waals surface area contributed by atoms with E-state index in [-0.39, 0.29) is 30.2 Å². The van der Waals surface area contributed by atoms with E-state index in [2.05, 4.69) is 5.32 Å². The number of nitrogens with one attached hydrogen (secondary N) is 1. The lowest BCUT2D eigenvalue weighted by Gasteiger charge is -2.31. The van der Waals surface area contributed by atoms with E-state index in [1.165, 1.54) is 6.92 Å². The van der Waals surface area contributed by atoms with Crippen molar-refractivity contribution in [1.29, 1.82) is 0 Å². The van der Waals surface area contributed by atoms with Crippen LogP contribution in [0.5, 0.6) is 0 Å². The molecule has 0 unspecified atom stereocenters. The third-order valence-electron chi connectivity index (χ3n) is 2.88. The maximum Gasteiger partial charge on any atom is 0.310 e. The molecule has 1 heterocycles. The van der Waals surface area contributed by atoms with Crippen molar-refractivity contribution in [1.82, 2.24) is 10.2 Å². The standard InChI is InChI=1S/C12H20N2O4/c1-3-18-12(17)10-5-4-6-14(8-10)11(16)7-13-9(2)15/h10H,3-8H2,1-2H3,(H,13,15)/t10-/m1/s1. The van der Waals surface area contributed by atoms with Crippen LogP contribution >= 0.6 is 0 Å². The van der Waals surface area contributed by atoms with Gasteiger partial charge in [0.15, 0.2) is 0 Å². The molecule has 1 fully saturated rings. The number of amides is 2. The lowest BCUT2D eigenvalue weighted by atomic mass is 9.98. The minimum Gasteiger partial charge on any atom is -0.466 e. The first-order valence-corrected chi connectivity index (χ1v) is 6.23. The van der Waals surface area contributed by atoms with Crippen molar-refractivity contribution in [2.45, 2.75) is 26.7 Å². The fourth-order valence-corrected chi connectivity index (χ4v) is 1.97. The van der Waals surface area contributed by atoms with Crippen LogP contribution in [-0.4, -0.2) is 48.9 Å². The van der Waals surface area contributed by atoms with Gasteiger partial charge in [-0.25, -0.2) is 0 Å². The molecule has 0 aromatic heterocycles. The third-order valence-corrected chi connectivity index (χ3v) is 2.88. The number of carbonyl (C=O) groups is 3. The molecule has 6 heteroatoms. The van der Waals surface area contributed by atoms with Gasteiger partial charge in [-0.05, 0) is 19.8 Å². The minimum atomic E-state index is -0.241. The van der Waals surface area contributed by atoms with Crippen LogP contribution in [0.1, 0.15) is 26.7 Å². The van der Waals surface area contributed by atoms with Crippen molar-refractivity contribution < 1.29 is 19.1 Å². The largest absolute Gasteiger partial charge is 0.466 e. The predicted octanol–water partition coefficient (Wildman–Crippen LogP) is -0.0758. The van der Waals surface area contributed by atoms with Crippen molar-refractivity contribution >= 4 is 17.8 Å². The normalized spacial score (nSPS) is 19.2. The van der Waals surface area contributed by atoms with Gasteiger partial charge < -0.3 is 15.0 Å². The molecule has 0 aromatic rings. The van der Waals surface area contributed by atoms with Crippen LogP contribution < -0.4 is 5.32 Å². The molecule has 1 atom stereocenters. The second kappa shape index (κ2) is 6.98. The lowest BCUT2D eigenvalue weighted by molar-refractivity contribution is -0.151. The molecule has 1 aliphatic rings. The van der Waals surface area contributed by atoms with Crippen molar-refractivity contribution in [2.75, 3.05) is 26.2 Å². The van der Waals surface area contributed by atoms with E-state index in [1.807, 2.05) is 0 Å². The van der Waals surface area contributed by atoms with Gasteiger partial charge in [0, 0.05) is 20.0 Å². The van der Waals surface area contributed by atoms with Crippen LogP contribution in [0.15, 0.2) is 0 Å². The summed E-state index contributed by atoms with van der Waals surface area (Å²) in [5.41, 5.74) is 0. The summed E-state index contributed by atoms with van der Waals surface area (Å²) in [4.78, 5) is 35.7. The zero-order chi connectivity index (χ0) is 13.5. The first-order chi connectivity index (χ1) is 8.54. The fourth-order valence-electron chi connectivity index (χ4n) is 1.97. The molecule has 102 valence electrons. The Hall–Kier alpha value is -1.59. The number of rotatable bonds is 4. The number of nitrogens with zero attached hydrogens (tertiary/aromatic N) is 1. The highest BCUT2D eigenvalue weighted by Gasteiger charge is 2.29. The topological polar surface area (TPSA) is 75.7 Å². The van der Waals surface area contributed by atoms with Crippen LogP contribution in [0, 0.1) is 5.92 Å². The van der Waals surface area contributed by atoms with Gasteiger partial charge >= 0.3 is 5.97 Å². The van der Waals surface area contributed by atoms with Gasteiger partial charge in [0.2, 0.25) is 11.8 Å². The minimum absolute atomic E-state index is 0.00905.